The zero-order valence-electron chi connectivity index (χ0n) is 11.4. The molecule has 2 nitrogen and oxygen atoms in total. The SMILES string of the molecule is Cc1ccsc1C(O)c1cccc2c1OC(C)(C)C2. The maximum absolute atomic E-state index is 10.6. The third-order valence-electron chi connectivity index (χ3n) is 3.57. The van der Waals surface area contributed by atoms with Crippen LogP contribution >= 0.6 is 11.3 Å². The van der Waals surface area contributed by atoms with Gasteiger partial charge in [0, 0.05) is 16.9 Å². The van der Waals surface area contributed by atoms with E-state index in [1.807, 2.05) is 30.5 Å². The minimum Gasteiger partial charge on any atom is -0.487 e. The van der Waals surface area contributed by atoms with Gasteiger partial charge in [-0.3, -0.25) is 0 Å². The normalized spacial score (nSPS) is 17.9. The first-order chi connectivity index (χ1) is 8.98. The number of hydrogen-bond donors (Lipinski definition) is 1. The molecule has 3 heteroatoms. The Balaban J connectivity index is 2.04. The van der Waals surface area contributed by atoms with Crippen molar-refractivity contribution < 1.29 is 9.84 Å². The van der Waals surface area contributed by atoms with E-state index in [4.69, 9.17) is 4.74 Å². The molecule has 1 aromatic heterocycles. The summed E-state index contributed by atoms with van der Waals surface area (Å²) in [7, 11) is 0. The van der Waals surface area contributed by atoms with E-state index in [9.17, 15) is 5.11 Å². The number of aliphatic hydroxyl groups excluding tert-OH is 1. The molecule has 0 fully saturated rings. The van der Waals surface area contributed by atoms with Gasteiger partial charge in [0.1, 0.15) is 17.5 Å². The summed E-state index contributed by atoms with van der Waals surface area (Å²) in [6.45, 7) is 6.20. The van der Waals surface area contributed by atoms with Crippen molar-refractivity contribution in [3.05, 3.63) is 51.2 Å². The number of aliphatic hydroxyl groups is 1. The standard InChI is InChI=1S/C16H18O2S/c1-10-7-8-19-15(10)13(17)12-6-4-5-11-9-16(2,3)18-14(11)12/h4-8,13,17H,9H2,1-3H3. The molecule has 0 radical (unpaired) electrons. The van der Waals surface area contributed by atoms with Crippen molar-refractivity contribution in [2.24, 2.45) is 0 Å². The number of ether oxygens (including phenoxy) is 1. The molecule has 2 aromatic rings. The Kier molecular flexibility index (Phi) is 2.91. The third kappa shape index (κ3) is 2.17. The average molecular weight is 274 g/mol. The highest BCUT2D eigenvalue weighted by molar-refractivity contribution is 7.10. The molecular formula is C16H18O2S. The van der Waals surface area contributed by atoms with Gasteiger partial charge in [0.05, 0.1) is 0 Å². The lowest BCUT2D eigenvalue weighted by atomic mass is 9.98. The third-order valence-corrected chi connectivity index (χ3v) is 4.64. The van der Waals surface area contributed by atoms with Gasteiger partial charge in [-0.05, 0) is 43.3 Å². The van der Waals surface area contributed by atoms with E-state index in [0.29, 0.717) is 0 Å². The van der Waals surface area contributed by atoms with E-state index in [1.165, 1.54) is 5.56 Å². The maximum Gasteiger partial charge on any atom is 0.129 e. The van der Waals surface area contributed by atoms with Crippen LogP contribution in [-0.4, -0.2) is 10.7 Å². The molecular weight excluding hydrogens is 256 g/mol. The second-order valence-electron chi connectivity index (χ2n) is 5.74. The van der Waals surface area contributed by atoms with E-state index in [2.05, 4.69) is 19.9 Å². The molecule has 1 aliphatic rings. The number of hydrogen-bond acceptors (Lipinski definition) is 3. The highest BCUT2D eigenvalue weighted by Gasteiger charge is 2.33. The van der Waals surface area contributed by atoms with Gasteiger partial charge in [0.15, 0.2) is 0 Å². The van der Waals surface area contributed by atoms with Gasteiger partial charge in [0.2, 0.25) is 0 Å². The van der Waals surface area contributed by atoms with Gasteiger partial charge in [-0.2, -0.15) is 0 Å². The Morgan fingerprint density at radius 2 is 2.11 bits per heavy atom. The first-order valence-corrected chi connectivity index (χ1v) is 7.39. The maximum atomic E-state index is 10.6. The summed E-state index contributed by atoms with van der Waals surface area (Å²) in [6, 6.07) is 8.09. The molecule has 1 N–H and O–H groups in total. The molecule has 1 aromatic carbocycles. The van der Waals surface area contributed by atoms with Crippen molar-refractivity contribution in [2.75, 3.05) is 0 Å². The van der Waals surface area contributed by atoms with Crippen molar-refractivity contribution in [3.63, 3.8) is 0 Å². The van der Waals surface area contributed by atoms with Crippen LogP contribution in [0.25, 0.3) is 0 Å². The van der Waals surface area contributed by atoms with Crippen molar-refractivity contribution >= 4 is 11.3 Å². The summed E-state index contributed by atoms with van der Waals surface area (Å²) in [6.07, 6.45) is 0.301. The fourth-order valence-electron chi connectivity index (χ4n) is 2.66. The van der Waals surface area contributed by atoms with Crippen molar-refractivity contribution in [1.29, 1.82) is 0 Å². The summed E-state index contributed by atoms with van der Waals surface area (Å²) < 4.78 is 6.03. The Bertz CT molecular complexity index is 613. The topological polar surface area (TPSA) is 29.5 Å². The van der Waals surface area contributed by atoms with E-state index < -0.39 is 6.10 Å². The highest BCUT2D eigenvalue weighted by Crippen LogP contribution is 2.42. The minimum absolute atomic E-state index is 0.178. The number of fused-ring (bicyclic) bond motifs is 1. The molecule has 1 aliphatic heterocycles. The van der Waals surface area contributed by atoms with E-state index >= 15 is 0 Å². The second-order valence-corrected chi connectivity index (χ2v) is 6.69. The Morgan fingerprint density at radius 3 is 2.79 bits per heavy atom. The first-order valence-electron chi connectivity index (χ1n) is 6.51. The van der Waals surface area contributed by atoms with Gasteiger partial charge in [-0.25, -0.2) is 0 Å². The predicted octanol–water partition coefficient (Wildman–Crippen LogP) is 3.85. The van der Waals surface area contributed by atoms with Crippen LogP contribution in [0.4, 0.5) is 0 Å². The minimum atomic E-state index is -0.594. The Hall–Kier alpha value is -1.32. The van der Waals surface area contributed by atoms with Crippen LogP contribution in [0.2, 0.25) is 0 Å². The molecule has 0 spiro atoms. The highest BCUT2D eigenvalue weighted by atomic mass is 32.1. The summed E-state index contributed by atoms with van der Waals surface area (Å²) in [5.41, 5.74) is 3.03. The number of aryl methyl sites for hydroxylation is 1. The molecule has 0 amide bonds. The molecule has 1 unspecified atom stereocenters. The van der Waals surface area contributed by atoms with Crippen LogP contribution in [0.3, 0.4) is 0 Å². The molecule has 19 heavy (non-hydrogen) atoms. The van der Waals surface area contributed by atoms with E-state index in [1.54, 1.807) is 11.3 Å². The molecule has 0 aliphatic carbocycles. The van der Waals surface area contributed by atoms with E-state index in [-0.39, 0.29) is 5.60 Å². The van der Waals surface area contributed by atoms with Crippen molar-refractivity contribution in [2.45, 2.75) is 38.9 Å². The fraction of sp³-hybridized carbons (Fsp3) is 0.375. The monoisotopic (exact) mass is 274 g/mol. The largest absolute Gasteiger partial charge is 0.487 e. The second kappa shape index (κ2) is 4.36. The average Bonchev–Trinajstić information content (AvgIpc) is 2.88. The lowest BCUT2D eigenvalue weighted by molar-refractivity contribution is 0.131. The van der Waals surface area contributed by atoms with Crippen LogP contribution in [0.1, 0.15) is 41.5 Å². The molecule has 0 saturated heterocycles. The summed E-state index contributed by atoms with van der Waals surface area (Å²) in [4.78, 5) is 1.00. The Labute approximate surface area is 117 Å². The molecule has 3 rings (SSSR count). The number of rotatable bonds is 2. The summed E-state index contributed by atoms with van der Waals surface area (Å²) in [5, 5.41) is 12.6. The molecule has 0 saturated carbocycles. The summed E-state index contributed by atoms with van der Waals surface area (Å²) in [5.74, 6) is 0.868. The Morgan fingerprint density at radius 1 is 1.32 bits per heavy atom. The molecule has 0 bridgehead atoms. The molecule has 100 valence electrons. The molecule has 2 heterocycles. The lowest BCUT2D eigenvalue weighted by Crippen LogP contribution is -2.25. The lowest BCUT2D eigenvalue weighted by Gasteiger charge is -2.20. The van der Waals surface area contributed by atoms with Gasteiger partial charge in [0.25, 0.3) is 0 Å². The van der Waals surface area contributed by atoms with Crippen molar-refractivity contribution in [1.82, 2.24) is 0 Å². The van der Waals surface area contributed by atoms with Gasteiger partial charge < -0.3 is 9.84 Å². The van der Waals surface area contributed by atoms with Gasteiger partial charge in [-0.1, -0.05) is 18.2 Å². The predicted molar refractivity (Wildman–Crippen MR) is 78.0 cm³/mol. The van der Waals surface area contributed by atoms with Crippen LogP contribution in [0.15, 0.2) is 29.6 Å². The smallest absolute Gasteiger partial charge is 0.129 e. The van der Waals surface area contributed by atoms with Crippen LogP contribution in [0, 0.1) is 6.92 Å². The first kappa shape index (κ1) is 12.7. The molecule has 1 atom stereocenters. The van der Waals surface area contributed by atoms with Crippen LogP contribution < -0.4 is 4.74 Å². The van der Waals surface area contributed by atoms with Gasteiger partial charge >= 0.3 is 0 Å². The van der Waals surface area contributed by atoms with Gasteiger partial charge in [-0.15, -0.1) is 11.3 Å². The summed E-state index contributed by atoms with van der Waals surface area (Å²) >= 11 is 1.59. The number of para-hydroxylation sites is 1. The van der Waals surface area contributed by atoms with Crippen molar-refractivity contribution in [3.8, 4) is 5.75 Å². The quantitative estimate of drug-likeness (QED) is 0.901. The number of benzene rings is 1. The fourth-order valence-corrected chi connectivity index (χ4v) is 3.59. The van der Waals surface area contributed by atoms with Crippen LogP contribution in [-0.2, 0) is 6.42 Å². The van der Waals surface area contributed by atoms with Crippen LogP contribution in [0.5, 0.6) is 5.75 Å². The van der Waals surface area contributed by atoms with E-state index in [0.717, 1.165) is 28.2 Å². The number of thiophene rings is 1. The zero-order chi connectivity index (χ0) is 13.6. The zero-order valence-corrected chi connectivity index (χ0v) is 12.3.